The van der Waals surface area contributed by atoms with Crippen LogP contribution in [0, 0.1) is 0 Å². The number of sulfonamides is 1. The van der Waals surface area contributed by atoms with E-state index < -0.39 is 15.9 Å². The zero-order valence-electron chi connectivity index (χ0n) is 14.3. The highest BCUT2D eigenvalue weighted by Gasteiger charge is 2.25. The van der Waals surface area contributed by atoms with Crippen LogP contribution in [0.4, 0.5) is 10.8 Å². The highest BCUT2D eigenvalue weighted by molar-refractivity contribution is 7.92. The molecule has 1 amide bonds. The average Bonchev–Trinajstić information content (AvgIpc) is 3.16. The van der Waals surface area contributed by atoms with Crippen molar-refractivity contribution in [3.63, 3.8) is 0 Å². The van der Waals surface area contributed by atoms with Crippen LogP contribution < -0.4 is 9.62 Å². The first kappa shape index (κ1) is 19.3. The van der Waals surface area contributed by atoms with Crippen LogP contribution in [-0.4, -0.2) is 25.9 Å². The van der Waals surface area contributed by atoms with Crippen molar-refractivity contribution in [2.24, 2.45) is 0 Å². The molecular weight excluding hydrogens is 406 g/mol. The number of hydrogen-bond acceptors (Lipinski definition) is 5. The third kappa shape index (κ3) is 4.13. The maximum atomic E-state index is 13.1. The van der Waals surface area contributed by atoms with E-state index in [-0.39, 0.29) is 22.0 Å². The number of rotatable bonds is 6. The molecule has 0 unspecified atom stereocenters. The zero-order valence-corrected chi connectivity index (χ0v) is 16.7. The van der Waals surface area contributed by atoms with Gasteiger partial charge in [-0.1, -0.05) is 29.8 Å². The van der Waals surface area contributed by atoms with Gasteiger partial charge in [0, 0.05) is 18.1 Å². The number of thiazole rings is 1. The third-order valence-electron chi connectivity index (χ3n) is 3.75. The fourth-order valence-corrected chi connectivity index (χ4v) is 4.73. The van der Waals surface area contributed by atoms with Crippen molar-refractivity contribution in [2.75, 3.05) is 16.2 Å². The lowest BCUT2D eigenvalue weighted by atomic mass is 10.2. The summed E-state index contributed by atoms with van der Waals surface area (Å²) >= 11 is 7.38. The lowest BCUT2D eigenvalue weighted by molar-refractivity contribution is 0.102. The topological polar surface area (TPSA) is 79.4 Å². The van der Waals surface area contributed by atoms with Crippen LogP contribution in [0.15, 0.2) is 65.0 Å². The Labute approximate surface area is 166 Å². The molecule has 0 saturated heterocycles. The van der Waals surface area contributed by atoms with E-state index >= 15 is 0 Å². The summed E-state index contributed by atoms with van der Waals surface area (Å²) in [5.74, 6) is -0.519. The van der Waals surface area contributed by atoms with Gasteiger partial charge in [0.1, 0.15) is 0 Å². The second-order valence-electron chi connectivity index (χ2n) is 5.44. The van der Waals surface area contributed by atoms with E-state index in [1.807, 2.05) is 6.07 Å². The molecular formula is C18H16ClN3O3S2. The zero-order chi connectivity index (χ0) is 19.4. The molecule has 0 fully saturated rings. The summed E-state index contributed by atoms with van der Waals surface area (Å²) in [5, 5.41) is 4.89. The van der Waals surface area contributed by atoms with E-state index in [4.69, 9.17) is 11.6 Å². The summed E-state index contributed by atoms with van der Waals surface area (Å²) in [4.78, 5) is 16.5. The van der Waals surface area contributed by atoms with Gasteiger partial charge in [0.05, 0.1) is 21.2 Å². The first-order valence-electron chi connectivity index (χ1n) is 8.01. The number of nitrogens with zero attached hydrogens (tertiary/aromatic N) is 2. The molecule has 140 valence electrons. The molecule has 0 saturated carbocycles. The molecule has 6 nitrogen and oxygen atoms in total. The van der Waals surface area contributed by atoms with Gasteiger partial charge in [0.2, 0.25) is 0 Å². The molecule has 1 aromatic heterocycles. The van der Waals surface area contributed by atoms with Gasteiger partial charge in [-0.05, 0) is 37.3 Å². The molecule has 0 aliphatic carbocycles. The predicted molar refractivity (Wildman–Crippen MR) is 108 cm³/mol. The van der Waals surface area contributed by atoms with Crippen molar-refractivity contribution in [2.45, 2.75) is 11.8 Å². The van der Waals surface area contributed by atoms with Crippen LogP contribution in [-0.2, 0) is 10.0 Å². The van der Waals surface area contributed by atoms with Crippen molar-refractivity contribution in [3.8, 4) is 0 Å². The fourth-order valence-electron chi connectivity index (χ4n) is 2.50. The van der Waals surface area contributed by atoms with Gasteiger partial charge >= 0.3 is 0 Å². The van der Waals surface area contributed by atoms with E-state index in [2.05, 4.69) is 10.3 Å². The third-order valence-corrected chi connectivity index (χ3v) is 6.67. The van der Waals surface area contributed by atoms with Crippen LogP contribution in [0.2, 0.25) is 5.02 Å². The number of carbonyl (C=O) groups excluding carboxylic acids is 1. The Kier molecular flexibility index (Phi) is 5.79. The maximum Gasteiger partial charge on any atom is 0.264 e. The molecule has 0 aliphatic heterocycles. The lowest BCUT2D eigenvalue weighted by Crippen LogP contribution is -2.31. The van der Waals surface area contributed by atoms with Crippen molar-refractivity contribution in [1.82, 2.24) is 4.98 Å². The molecule has 0 aliphatic rings. The summed E-state index contributed by atoms with van der Waals surface area (Å²) in [6, 6.07) is 12.9. The molecule has 0 radical (unpaired) electrons. The summed E-state index contributed by atoms with van der Waals surface area (Å²) in [7, 11) is -3.86. The molecule has 9 heteroatoms. The van der Waals surface area contributed by atoms with E-state index in [0.717, 1.165) is 0 Å². The Balaban J connectivity index is 1.97. The molecule has 2 aromatic carbocycles. The summed E-state index contributed by atoms with van der Waals surface area (Å²) < 4.78 is 27.5. The predicted octanol–water partition coefficient (Wildman–Crippen LogP) is 4.26. The number of para-hydroxylation sites is 1. The second-order valence-corrected chi connectivity index (χ2v) is 8.60. The number of anilines is 2. The van der Waals surface area contributed by atoms with Gasteiger partial charge in [-0.3, -0.25) is 14.4 Å². The van der Waals surface area contributed by atoms with E-state index in [9.17, 15) is 13.2 Å². The van der Waals surface area contributed by atoms with E-state index in [1.165, 1.54) is 33.8 Å². The van der Waals surface area contributed by atoms with Gasteiger partial charge in [0.15, 0.2) is 5.13 Å². The number of carbonyl (C=O) groups is 1. The second kappa shape index (κ2) is 8.08. The largest absolute Gasteiger partial charge is 0.298 e. The average molecular weight is 422 g/mol. The van der Waals surface area contributed by atoms with Crippen molar-refractivity contribution < 1.29 is 13.2 Å². The number of aromatic nitrogens is 1. The number of nitrogens with one attached hydrogen (secondary N) is 1. The van der Waals surface area contributed by atoms with Gasteiger partial charge < -0.3 is 0 Å². The van der Waals surface area contributed by atoms with Gasteiger partial charge in [-0.25, -0.2) is 13.4 Å². The van der Waals surface area contributed by atoms with Crippen molar-refractivity contribution in [3.05, 3.63) is 70.7 Å². The number of amides is 1. The van der Waals surface area contributed by atoms with Crippen molar-refractivity contribution in [1.29, 1.82) is 0 Å². The Morgan fingerprint density at radius 2 is 1.96 bits per heavy atom. The number of halogens is 1. The standard InChI is InChI=1S/C18H16ClN3O3S2/c1-2-22(13-6-4-3-5-7-13)27(24,25)14-8-9-16(19)15(12-14)17(23)21-18-20-10-11-26-18/h3-12H,2H2,1H3,(H,20,21,23). The minimum absolute atomic E-state index is 0.0121. The lowest BCUT2D eigenvalue weighted by Gasteiger charge is -2.23. The van der Waals surface area contributed by atoms with Gasteiger partial charge in [0.25, 0.3) is 15.9 Å². The Morgan fingerprint density at radius 1 is 1.22 bits per heavy atom. The van der Waals surface area contributed by atoms with Crippen LogP contribution >= 0.6 is 22.9 Å². The molecule has 3 rings (SSSR count). The molecule has 0 atom stereocenters. The molecule has 0 spiro atoms. The van der Waals surface area contributed by atoms with Gasteiger partial charge in [-0.15, -0.1) is 11.3 Å². The maximum absolute atomic E-state index is 13.1. The van der Waals surface area contributed by atoms with Crippen LogP contribution in [0.5, 0.6) is 0 Å². The molecule has 3 aromatic rings. The summed E-state index contributed by atoms with van der Waals surface area (Å²) in [5.41, 5.74) is 0.612. The highest BCUT2D eigenvalue weighted by atomic mass is 35.5. The molecule has 0 bridgehead atoms. The SMILES string of the molecule is CCN(c1ccccc1)S(=O)(=O)c1ccc(Cl)c(C(=O)Nc2nccs2)c1. The van der Waals surface area contributed by atoms with Gasteiger partial charge in [-0.2, -0.15) is 0 Å². The smallest absolute Gasteiger partial charge is 0.264 e. The first-order chi connectivity index (χ1) is 12.9. The van der Waals surface area contributed by atoms with E-state index in [0.29, 0.717) is 10.8 Å². The van der Waals surface area contributed by atoms with E-state index in [1.54, 1.807) is 42.8 Å². The fraction of sp³-hybridized carbons (Fsp3) is 0.111. The minimum atomic E-state index is -3.86. The summed E-state index contributed by atoms with van der Waals surface area (Å²) in [6.07, 6.45) is 1.56. The Morgan fingerprint density at radius 3 is 2.59 bits per heavy atom. The first-order valence-corrected chi connectivity index (χ1v) is 10.7. The normalized spacial score (nSPS) is 11.2. The molecule has 1 N–H and O–H groups in total. The molecule has 27 heavy (non-hydrogen) atoms. The number of hydrogen-bond donors (Lipinski definition) is 1. The Hall–Kier alpha value is -2.42. The highest BCUT2D eigenvalue weighted by Crippen LogP contribution is 2.27. The Bertz CT molecular complexity index is 1040. The van der Waals surface area contributed by atoms with Crippen LogP contribution in [0.3, 0.4) is 0 Å². The van der Waals surface area contributed by atoms with Crippen LogP contribution in [0.25, 0.3) is 0 Å². The quantitative estimate of drug-likeness (QED) is 0.644. The number of benzene rings is 2. The monoisotopic (exact) mass is 421 g/mol. The van der Waals surface area contributed by atoms with Crippen molar-refractivity contribution >= 4 is 49.7 Å². The molecule has 1 heterocycles. The van der Waals surface area contributed by atoms with Crippen LogP contribution in [0.1, 0.15) is 17.3 Å². The minimum Gasteiger partial charge on any atom is -0.298 e. The summed E-state index contributed by atoms with van der Waals surface area (Å²) in [6.45, 7) is 1.99.